The highest BCUT2D eigenvalue weighted by molar-refractivity contribution is 5.75. The number of benzene rings is 1. The number of nitrogens with one attached hydrogen (secondary N) is 1. The molecule has 0 saturated heterocycles. The Morgan fingerprint density at radius 3 is 2.58 bits per heavy atom. The summed E-state index contributed by atoms with van der Waals surface area (Å²) in [5.74, 6) is 0.159. The van der Waals surface area contributed by atoms with E-state index in [2.05, 4.69) is 36.5 Å². The maximum Gasteiger partial charge on any atom is 0.220 e. The van der Waals surface area contributed by atoms with E-state index in [9.17, 15) is 4.79 Å². The maximum absolute atomic E-state index is 11.7. The molecule has 1 fully saturated rings. The minimum absolute atomic E-state index is 0.159. The van der Waals surface area contributed by atoms with Crippen molar-refractivity contribution in [2.45, 2.75) is 39.0 Å². The highest BCUT2D eigenvalue weighted by Gasteiger charge is 2.41. The van der Waals surface area contributed by atoms with Gasteiger partial charge < -0.3 is 11.1 Å². The van der Waals surface area contributed by atoms with Gasteiger partial charge in [0.2, 0.25) is 5.91 Å². The minimum atomic E-state index is 0.159. The predicted octanol–water partition coefficient (Wildman–Crippen LogP) is 2.17. The molecule has 1 aromatic carbocycles. The lowest BCUT2D eigenvalue weighted by molar-refractivity contribution is -0.121. The molecule has 1 amide bonds. The quantitative estimate of drug-likeness (QED) is 0.789. The molecule has 3 nitrogen and oxygen atoms in total. The van der Waals surface area contributed by atoms with Crippen LogP contribution in [-0.2, 0) is 11.2 Å². The largest absolute Gasteiger partial charge is 0.355 e. The number of hydrogen-bond acceptors (Lipinski definition) is 2. The zero-order valence-corrected chi connectivity index (χ0v) is 11.7. The Bertz CT molecular complexity index is 421. The molecule has 3 heteroatoms. The second kappa shape index (κ2) is 6.20. The number of amides is 1. The Balaban J connectivity index is 1.62. The van der Waals surface area contributed by atoms with Gasteiger partial charge in [0.1, 0.15) is 0 Å². The predicted molar refractivity (Wildman–Crippen MR) is 77.8 cm³/mol. The monoisotopic (exact) mass is 260 g/mol. The summed E-state index contributed by atoms with van der Waals surface area (Å²) in [7, 11) is 0. The zero-order chi connectivity index (χ0) is 13.7. The van der Waals surface area contributed by atoms with Crippen LogP contribution in [0.4, 0.5) is 0 Å². The molecule has 0 heterocycles. The van der Waals surface area contributed by atoms with Crippen molar-refractivity contribution in [3.63, 3.8) is 0 Å². The van der Waals surface area contributed by atoms with Crippen LogP contribution < -0.4 is 11.1 Å². The van der Waals surface area contributed by atoms with E-state index in [1.165, 1.54) is 11.1 Å². The fourth-order valence-electron chi connectivity index (χ4n) is 2.21. The Morgan fingerprint density at radius 1 is 1.32 bits per heavy atom. The van der Waals surface area contributed by atoms with Gasteiger partial charge in [-0.05, 0) is 50.1 Å². The second-order valence-electron chi connectivity index (χ2n) is 5.82. The van der Waals surface area contributed by atoms with Gasteiger partial charge in [-0.15, -0.1) is 0 Å². The molecule has 1 aliphatic carbocycles. The molecule has 0 aliphatic heterocycles. The van der Waals surface area contributed by atoms with Crippen LogP contribution in [-0.4, -0.2) is 19.0 Å². The summed E-state index contributed by atoms with van der Waals surface area (Å²) in [5.41, 5.74) is 8.50. The van der Waals surface area contributed by atoms with E-state index in [0.717, 1.165) is 32.2 Å². The lowest BCUT2D eigenvalue weighted by atomic mass is 10.1. The molecular formula is C16H24N2O. The van der Waals surface area contributed by atoms with E-state index in [0.29, 0.717) is 13.0 Å². The number of carbonyl (C=O) groups is 1. The maximum atomic E-state index is 11.7. The van der Waals surface area contributed by atoms with Crippen molar-refractivity contribution in [3.8, 4) is 0 Å². The van der Waals surface area contributed by atoms with Crippen LogP contribution in [0.25, 0.3) is 0 Å². The first-order chi connectivity index (χ1) is 9.13. The van der Waals surface area contributed by atoms with Crippen LogP contribution in [0.5, 0.6) is 0 Å². The van der Waals surface area contributed by atoms with Crippen LogP contribution in [0.15, 0.2) is 24.3 Å². The van der Waals surface area contributed by atoms with Crippen molar-refractivity contribution in [1.82, 2.24) is 5.32 Å². The standard InChI is InChI=1S/C16H24N2O/c1-13-5-7-14(8-6-13)3-2-4-15(19)18-12-16(11-17)9-10-16/h5-8H,2-4,9-12,17H2,1H3,(H,18,19). The summed E-state index contributed by atoms with van der Waals surface area (Å²) in [4.78, 5) is 11.7. The Morgan fingerprint density at radius 2 is 2.00 bits per heavy atom. The molecule has 0 radical (unpaired) electrons. The van der Waals surface area contributed by atoms with Crippen molar-refractivity contribution < 1.29 is 4.79 Å². The molecule has 0 spiro atoms. The number of rotatable bonds is 7. The number of carbonyl (C=O) groups excluding carboxylic acids is 1. The summed E-state index contributed by atoms with van der Waals surface area (Å²) in [5, 5.41) is 3.01. The molecule has 0 atom stereocenters. The van der Waals surface area contributed by atoms with E-state index >= 15 is 0 Å². The number of aryl methyl sites for hydroxylation is 2. The van der Waals surface area contributed by atoms with E-state index in [1.54, 1.807) is 0 Å². The van der Waals surface area contributed by atoms with Crippen molar-refractivity contribution >= 4 is 5.91 Å². The topological polar surface area (TPSA) is 55.1 Å². The molecule has 19 heavy (non-hydrogen) atoms. The number of hydrogen-bond donors (Lipinski definition) is 2. The molecule has 1 saturated carbocycles. The van der Waals surface area contributed by atoms with Gasteiger partial charge >= 0.3 is 0 Å². The van der Waals surface area contributed by atoms with Crippen LogP contribution in [0.1, 0.15) is 36.8 Å². The third-order valence-electron chi connectivity index (χ3n) is 4.04. The highest BCUT2D eigenvalue weighted by Crippen LogP contribution is 2.43. The highest BCUT2D eigenvalue weighted by atomic mass is 16.1. The van der Waals surface area contributed by atoms with Gasteiger partial charge in [0.25, 0.3) is 0 Å². The van der Waals surface area contributed by atoms with Crippen LogP contribution in [0.3, 0.4) is 0 Å². The molecule has 1 aromatic rings. The summed E-state index contributed by atoms with van der Waals surface area (Å²) in [6, 6.07) is 8.52. The van der Waals surface area contributed by atoms with Crippen molar-refractivity contribution in [1.29, 1.82) is 0 Å². The van der Waals surface area contributed by atoms with Crippen molar-refractivity contribution in [2.75, 3.05) is 13.1 Å². The molecule has 0 aromatic heterocycles. The first-order valence-corrected chi connectivity index (χ1v) is 7.16. The lowest BCUT2D eigenvalue weighted by Gasteiger charge is -2.13. The van der Waals surface area contributed by atoms with Gasteiger partial charge in [-0.3, -0.25) is 4.79 Å². The van der Waals surface area contributed by atoms with Crippen LogP contribution in [0, 0.1) is 12.3 Å². The molecule has 104 valence electrons. The summed E-state index contributed by atoms with van der Waals surface area (Å²) in [6.07, 6.45) is 4.80. The summed E-state index contributed by atoms with van der Waals surface area (Å²) in [6.45, 7) is 3.53. The van der Waals surface area contributed by atoms with Gasteiger partial charge in [0.05, 0.1) is 0 Å². The SMILES string of the molecule is Cc1ccc(CCCC(=O)NCC2(CN)CC2)cc1. The Kier molecular flexibility index (Phi) is 4.59. The summed E-state index contributed by atoms with van der Waals surface area (Å²) < 4.78 is 0. The van der Waals surface area contributed by atoms with Gasteiger partial charge in [-0.1, -0.05) is 29.8 Å². The third kappa shape index (κ3) is 4.35. The molecule has 1 aliphatic rings. The van der Waals surface area contributed by atoms with E-state index in [4.69, 9.17) is 5.73 Å². The van der Waals surface area contributed by atoms with Gasteiger partial charge in [0.15, 0.2) is 0 Å². The average Bonchev–Trinajstić information content (AvgIpc) is 3.19. The average molecular weight is 260 g/mol. The lowest BCUT2D eigenvalue weighted by Crippen LogP contribution is -2.33. The number of nitrogens with two attached hydrogens (primary N) is 1. The Labute approximate surface area is 115 Å². The molecule has 0 bridgehead atoms. The zero-order valence-electron chi connectivity index (χ0n) is 11.7. The van der Waals surface area contributed by atoms with E-state index in [1.807, 2.05) is 0 Å². The molecular weight excluding hydrogens is 236 g/mol. The fourth-order valence-corrected chi connectivity index (χ4v) is 2.21. The van der Waals surface area contributed by atoms with E-state index in [-0.39, 0.29) is 11.3 Å². The van der Waals surface area contributed by atoms with Gasteiger partial charge in [-0.25, -0.2) is 0 Å². The van der Waals surface area contributed by atoms with Gasteiger partial charge in [0, 0.05) is 13.0 Å². The smallest absolute Gasteiger partial charge is 0.220 e. The van der Waals surface area contributed by atoms with E-state index < -0.39 is 0 Å². The molecule has 2 rings (SSSR count). The van der Waals surface area contributed by atoms with Crippen LogP contribution in [0.2, 0.25) is 0 Å². The molecule has 0 unspecified atom stereocenters. The first-order valence-electron chi connectivity index (χ1n) is 7.16. The summed E-state index contributed by atoms with van der Waals surface area (Å²) >= 11 is 0. The van der Waals surface area contributed by atoms with Crippen molar-refractivity contribution in [3.05, 3.63) is 35.4 Å². The third-order valence-corrected chi connectivity index (χ3v) is 4.04. The first kappa shape index (κ1) is 14.1. The minimum Gasteiger partial charge on any atom is -0.355 e. The van der Waals surface area contributed by atoms with Gasteiger partial charge in [-0.2, -0.15) is 0 Å². The normalized spacial score (nSPS) is 16.1. The fraction of sp³-hybridized carbons (Fsp3) is 0.562. The van der Waals surface area contributed by atoms with Crippen LogP contribution >= 0.6 is 0 Å². The molecule has 3 N–H and O–H groups in total. The second-order valence-corrected chi connectivity index (χ2v) is 5.82. The Hall–Kier alpha value is -1.35. The van der Waals surface area contributed by atoms with Crippen molar-refractivity contribution in [2.24, 2.45) is 11.1 Å².